The summed E-state index contributed by atoms with van der Waals surface area (Å²) in [5.41, 5.74) is 1.83. The van der Waals surface area contributed by atoms with Crippen LogP contribution in [0.2, 0.25) is 0 Å². The summed E-state index contributed by atoms with van der Waals surface area (Å²) in [6.45, 7) is 6.11. The van der Waals surface area contributed by atoms with E-state index in [1.54, 1.807) is 0 Å². The van der Waals surface area contributed by atoms with Crippen molar-refractivity contribution in [1.82, 2.24) is 0 Å². The predicted molar refractivity (Wildman–Crippen MR) is 80.2 cm³/mol. The maximum absolute atomic E-state index is 12.0. The van der Waals surface area contributed by atoms with Crippen molar-refractivity contribution < 1.29 is 14.3 Å². The minimum absolute atomic E-state index is 0.0694. The van der Waals surface area contributed by atoms with Crippen LogP contribution >= 0.6 is 0 Å². The van der Waals surface area contributed by atoms with E-state index in [1.165, 1.54) is 7.11 Å². The maximum atomic E-state index is 12.0. The molecule has 110 valence electrons. The lowest BCUT2D eigenvalue weighted by Crippen LogP contribution is -2.21. The summed E-state index contributed by atoms with van der Waals surface area (Å²) < 4.78 is 4.55. The molecule has 0 atom stereocenters. The molecule has 0 saturated heterocycles. The highest BCUT2D eigenvalue weighted by Gasteiger charge is 2.09. The van der Waals surface area contributed by atoms with Crippen molar-refractivity contribution in [3.8, 4) is 0 Å². The van der Waals surface area contributed by atoms with Gasteiger partial charge in [-0.15, -0.1) is 0 Å². The number of anilines is 1. The molecule has 1 aromatic carbocycles. The van der Waals surface area contributed by atoms with Crippen LogP contribution in [0, 0.1) is 0 Å². The van der Waals surface area contributed by atoms with E-state index in [2.05, 4.69) is 23.5 Å². The number of methoxy groups -OCH3 is 1. The minimum Gasteiger partial charge on any atom is -0.469 e. The third-order valence-corrected chi connectivity index (χ3v) is 3.33. The van der Waals surface area contributed by atoms with Crippen LogP contribution in [-0.2, 0) is 9.53 Å². The average Bonchev–Trinajstić information content (AvgIpc) is 2.48. The fraction of sp³-hybridized carbons (Fsp3) is 0.500. The van der Waals surface area contributed by atoms with Gasteiger partial charge in [0.05, 0.1) is 7.11 Å². The fourth-order valence-corrected chi connectivity index (χ4v) is 2.09. The van der Waals surface area contributed by atoms with Crippen LogP contribution in [0.1, 0.15) is 43.5 Å². The van der Waals surface area contributed by atoms with Gasteiger partial charge in [-0.1, -0.05) is 0 Å². The molecule has 0 heterocycles. The molecule has 0 aromatic heterocycles. The highest BCUT2D eigenvalue weighted by Crippen LogP contribution is 2.16. The number of carbonyl (C=O) groups excluding carboxylic acids is 2. The molecule has 1 rings (SSSR count). The van der Waals surface area contributed by atoms with Crippen molar-refractivity contribution in [3.63, 3.8) is 0 Å². The first-order valence-electron chi connectivity index (χ1n) is 7.07. The Morgan fingerprint density at radius 3 is 2.15 bits per heavy atom. The number of ketones is 1. The van der Waals surface area contributed by atoms with Gasteiger partial charge in [0.25, 0.3) is 0 Å². The molecule has 0 fully saturated rings. The minimum atomic E-state index is -0.269. The zero-order valence-electron chi connectivity index (χ0n) is 12.5. The normalized spacial score (nSPS) is 10.2. The van der Waals surface area contributed by atoms with Crippen LogP contribution in [0.15, 0.2) is 24.3 Å². The van der Waals surface area contributed by atoms with Gasteiger partial charge < -0.3 is 9.64 Å². The average molecular weight is 277 g/mol. The topological polar surface area (TPSA) is 46.6 Å². The highest BCUT2D eigenvalue weighted by molar-refractivity contribution is 5.96. The number of ether oxygens (including phenoxy) is 1. The van der Waals surface area contributed by atoms with Crippen molar-refractivity contribution in [2.75, 3.05) is 25.1 Å². The monoisotopic (exact) mass is 277 g/mol. The number of rotatable bonds is 8. The van der Waals surface area contributed by atoms with Crippen LogP contribution in [0.5, 0.6) is 0 Å². The number of nitrogens with zero attached hydrogens (tertiary/aromatic N) is 1. The second kappa shape index (κ2) is 8.35. The number of benzene rings is 1. The van der Waals surface area contributed by atoms with Gasteiger partial charge in [-0.2, -0.15) is 0 Å². The molecule has 0 amide bonds. The van der Waals surface area contributed by atoms with Crippen LogP contribution in [-0.4, -0.2) is 32.0 Å². The first-order valence-corrected chi connectivity index (χ1v) is 7.07. The Morgan fingerprint density at radius 2 is 1.65 bits per heavy atom. The summed E-state index contributed by atoms with van der Waals surface area (Å²) in [5, 5.41) is 0. The molecule has 4 nitrogen and oxygen atoms in total. The summed E-state index contributed by atoms with van der Waals surface area (Å²) in [6.07, 6.45) is 1.20. The molecule has 0 saturated carbocycles. The van der Waals surface area contributed by atoms with Crippen molar-refractivity contribution >= 4 is 17.4 Å². The summed E-state index contributed by atoms with van der Waals surface area (Å²) >= 11 is 0. The summed E-state index contributed by atoms with van der Waals surface area (Å²) in [6, 6.07) is 7.66. The van der Waals surface area contributed by atoms with Crippen LogP contribution < -0.4 is 4.90 Å². The van der Waals surface area contributed by atoms with E-state index >= 15 is 0 Å². The van der Waals surface area contributed by atoms with E-state index in [-0.39, 0.29) is 11.8 Å². The highest BCUT2D eigenvalue weighted by atomic mass is 16.5. The Hall–Kier alpha value is -1.84. The molecular weight excluding hydrogens is 254 g/mol. The third kappa shape index (κ3) is 4.68. The van der Waals surface area contributed by atoms with Gasteiger partial charge >= 0.3 is 5.97 Å². The van der Waals surface area contributed by atoms with E-state index in [4.69, 9.17) is 0 Å². The van der Waals surface area contributed by atoms with Gasteiger partial charge in [-0.25, -0.2) is 0 Å². The Bertz CT molecular complexity index is 436. The molecule has 0 aliphatic carbocycles. The van der Waals surface area contributed by atoms with Crippen LogP contribution in [0.3, 0.4) is 0 Å². The van der Waals surface area contributed by atoms with Crippen molar-refractivity contribution in [3.05, 3.63) is 29.8 Å². The smallest absolute Gasteiger partial charge is 0.305 e. The second-order valence-corrected chi connectivity index (χ2v) is 4.57. The third-order valence-electron chi connectivity index (χ3n) is 3.33. The molecule has 0 spiro atoms. The van der Waals surface area contributed by atoms with Gasteiger partial charge in [-0.05, 0) is 44.5 Å². The van der Waals surface area contributed by atoms with E-state index in [0.29, 0.717) is 24.8 Å². The molecule has 4 heteroatoms. The largest absolute Gasteiger partial charge is 0.469 e. The van der Waals surface area contributed by atoms with Gasteiger partial charge in [0.15, 0.2) is 5.78 Å². The fourth-order valence-electron chi connectivity index (χ4n) is 2.09. The molecule has 1 aromatic rings. The van der Waals surface area contributed by atoms with E-state index in [0.717, 1.165) is 18.8 Å². The van der Waals surface area contributed by atoms with E-state index in [1.807, 2.05) is 24.3 Å². The molecule has 0 N–H and O–H groups in total. The molecule has 20 heavy (non-hydrogen) atoms. The zero-order valence-corrected chi connectivity index (χ0v) is 12.5. The molecule has 0 aliphatic rings. The Kier molecular flexibility index (Phi) is 6.77. The number of Topliss-reactive ketones (excluding diaryl/α,β-unsaturated/α-hetero) is 1. The SMILES string of the molecule is CCN(CC)c1ccc(C(=O)CCCC(=O)OC)cc1. The number of carbonyl (C=O) groups is 2. The lowest BCUT2D eigenvalue weighted by Gasteiger charge is -2.21. The van der Waals surface area contributed by atoms with E-state index < -0.39 is 0 Å². The lowest BCUT2D eigenvalue weighted by molar-refractivity contribution is -0.140. The molecule has 0 aliphatic heterocycles. The van der Waals surface area contributed by atoms with Crippen molar-refractivity contribution in [2.45, 2.75) is 33.1 Å². The summed E-state index contributed by atoms with van der Waals surface area (Å²) in [4.78, 5) is 25.2. The summed E-state index contributed by atoms with van der Waals surface area (Å²) in [7, 11) is 1.36. The molecule has 0 radical (unpaired) electrons. The molecule has 0 bridgehead atoms. The molecule has 0 unspecified atom stereocenters. The first-order chi connectivity index (χ1) is 9.62. The van der Waals surface area contributed by atoms with Crippen LogP contribution in [0.25, 0.3) is 0 Å². The molecular formula is C16H23NO3. The maximum Gasteiger partial charge on any atom is 0.305 e. The van der Waals surface area contributed by atoms with Gasteiger partial charge in [0.1, 0.15) is 0 Å². The Labute approximate surface area is 120 Å². The van der Waals surface area contributed by atoms with E-state index in [9.17, 15) is 9.59 Å². The zero-order chi connectivity index (χ0) is 15.0. The predicted octanol–water partition coefficient (Wildman–Crippen LogP) is 3.06. The van der Waals surface area contributed by atoms with Gasteiger partial charge in [0, 0.05) is 37.2 Å². The second-order valence-electron chi connectivity index (χ2n) is 4.57. The van der Waals surface area contributed by atoms with Gasteiger partial charge in [0.2, 0.25) is 0 Å². The first kappa shape index (κ1) is 16.2. The standard InChI is InChI=1S/C16H23NO3/c1-4-17(5-2)14-11-9-13(10-12-14)15(18)7-6-8-16(19)20-3/h9-12H,4-8H2,1-3H3. The van der Waals surface area contributed by atoms with Crippen molar-refractivity contribution in [1.29, 1.82) is 0 Å². The number of hydrogen-bond acceptors (Lipinski definition) is 4. The summed E-state index contributed by atoms with van der Waals surface area (Å²) in [5.74, 6) is -0.199. The Balaban J connectivity index is 2.55. The number of hydrogen-bond donors (Lipinski definition) is 0. The quantitative estimate of drug-likeness (QED) is 0.541. The number of esters is 1. The van der Waals surface area contributed by atoms with Crippen LogP contribution in [0.4, 0.5) is 5.69 Å². The lowest BCUT2D eigenvalue weighted by atomic mass is 10.0. The van der Waals surface area contributed by atoms with Crippen molar-refractivity contribution in [2.24, 2.45) is 0 Å². The Morgan fingerprint density at radius 1 is 1.05 bits per heavy atom. The van der Waals surface area contributed by atoms with Gasteiger partial charge in [-0.3, -0.25) is 9.59 Å².